The number of aromatic hydroxyl groups is 1. The molecule has 2 aromatic carbocycles. The zero-order valence-corrected chi connectivity index (χ0v) is 18.6. The van der Waals surface area contributed by atoms with Crippen molar-refractivity contribution >= 4 is 28.9 Å². The Morgan fingerprint density at radius 2 is 1.52 bits per heavy atom. The molecule has 1 aromatic heterocycles. The number of carbonyl (C=O) groups excluding carboxylic acids is 1. The van der Waals surface area contributed by atoms with Crippen LogP contribution in [0.1, 0.15) is 38.3 Å². The maximum Gasteiger partial charge on any atom is 0.323 e. The summed E-state index contributed by atoms with van der Waals surface area (Å²) in [6, 6.07) is 10.8. The van der Waals surface area contributed by atoms with Crippen molar-refractivity contribution in [2.75, 3.05) is 13.1 Å². The van der Waals surface area contributed by atoms with E-state index in [9.17, 15) is 19.5 Å². The number of benzene rings is 2. The molecule has 33 heavy (non-hydrogen) atoms. The Kier molecular flexibility index (Phi) is 6.66. The van der Waals surface area contributed by atoms with Crippen molar-refractivity contribution in [1.29, 1.82) is 0 Å². The van der Waals surface area contributed by atoms with Crippen molar-refractivity contribution in [3.63, 3.8) is 0 Å². The van der Waals surface area contributed by atoms with E-state index < -0.39 is 36.4 Å². The van der Waals surface area contributed by atoms with E-state index in [-0.39, 0.29) is 18.6 Å². The summed E-state index contributed by atoms with van der Waals surface area (Å²) in [5, 5.41) is 37.8. The highest BCUT2D eigenvalue weighted by molar-refractivity contribution is 5.85. The van der Waals surface area contributed by atoms with Gasteiger partial charge in [0.05, 0.1) is 0 Å². The Balaban J connectivity index is 1.95. The fourth-order valence-electron chi connectivity index (χ4n) is 3.48. The molecule has 0 aliphatic heterocycles. The third-order valence-corrected chi connectivity index (χ3v) is 5.09. The number of carboxylic acids is 2. The molecule has 0 saturated carbocycles. The summed E-state index contributed by atoms with van der Waals surface area (Å²) in [6.45, 7) is 4.44. The minimum atomic E-state index is -1.29. The minimum absolute atomic E-state index is 0.0243. The van der Waals surface area contributed by atoms with Crippen LogP contribution in [0.5, 0.6) is 5.75 Å². The summed E-state index contributed by atoms with van der Waals surface area (Å²) in [4.78, 5) is 36.7. The van der Waals surface area contributed by atoms with Gasteiger partial charge >= 0.3 is 11.9 Å². The largest absolute Gasteiger partial charge is 0.505 e. The molecule has 10 nitrogen and oxygen atoms in total. The Labute approximate surface area is 190 Å². The zero-order valence-electron chi connectivity index (χ0n) is 18.6. The topological polar surface area (TPSA) is 146 Å². The van der Waals surface area contributed by atoms with Crippen molar-refractivity contribution in [2.45, 2.75) is 39.0 Å². The van der Waals surface area contributed by atoms with Crippen molar-refractivity contribution in [1.82, 2.24) is 19.9 Å². The number of phenols is 1. The number of aromatic nitrogens is 3. The molecule has 1 heterocycles. The molecule has 0 radical (unpaired) electrons. The molecule has 3 N–H and O–H groups in total. The van der Waals surface area contributed by atoms with Crippen LogP contribution in [0.25, 0.3) is 16.7 Å². The van der Waals surface area contributed by atoms with Crippen LogP contribution in [0.2, 0.25) is 0 Å². The first-order valence-corrected chi connectivity index (χ1v) is 10.4. The van der Waals surface area contributed by atoms with E-state index in [4.69, 9.17) is 10.2 Å². The highest BCUT2D eigenvalue weighted by Crippen LogP contribution is 2.36. The van der Waals surface area contributed by atoms with E-state index in [2.05, 4.69) is 10.2 Å². The molecule has 0 fully saturated rings. The average Bonchev–Trinajstić information content (AvgIpc) is 3.14. The standard InChI is InChI=1S/C23H26N4O6/c1-23(2,3)15-10-14(8-9-19(28)26(12-20(29)30)13-21(31)32)11-18(22(15)33)27-24-16-6-4-5-7-17(16)25-27/h4-7,10-11,33H,8-9,12-13H2,1-3H3,(H,29,30)(H,31,32). The molecule has 174 valence electrons. The fraction of sp³-hybridized carbons (Fsp3) is 0.348. The number of fused-ring (bicyclic) bond motifs is 1. The first kappa shape index (κ1) is 23.7. The van der Waals surface area contributed by atoms with Gasteiger partial charge in [-0.25, -0.2) is 0 Å². The summed E-state index contributed by atoms with van der Waals surface area (Å²) >= 11 is 0. The predicted molar refractivity (Wildman–Crippen MR) is 119 cm³/mol. The lowest BCUT2D eigenvalue weighted by Gasteiger charge is -2.23. The minimum Gasteiger partial charge on any atom is -0.505 e. The lowest BCUT2D eigenvalue weighted by atomic mass is 9.84. The van der Waals surface area contributed by atoms with Crippen LogP contribution in [0.15, 0.2) is 36.4 Å². The molecule has 0 bridgehead atoms. The Morgan fingerprint density at radius 1 is 0.970 bits per heavy atom. The van der Waals surface area contributed by atoms with Gasteiger partial charge in [0, 0.05) is 12.0 Å². The summed E-state index contributed by atoms with van der Waals surface area (Å²) in [5.41, 5.74) is 2.59. The molecular formula is C23H26N4O6. The van der Waals surface area contributed by atoms with Crippen molar-refractivity contribution in [3.8, 4) is 11.4 Å². The van der Waals surface area contributed by atoms with Crippen LogP contribution in [0, 0.1) is 0 Å². The van der Waals surface area contributed by atoms with Crippen molar-refractivity contribution in [3.05, 3.63) is 47.5 Å². The van der Waals surface area contributed by atoms with Gasteiger partial charge in [-0.2, -0.15) is 0 Å². The van der Waals surface area contributed by atoms with E-state index in [1.807, 2.05) is 45.0 Å². The average molecular weight is 454 g/mol. The van der Waals surface area contributed by atoms with E-state index in [0.717, 1.165) is 4.90 Å². The smallest absolute Gasteiger partial charge is 0.323 e. The zero-order chi connectivity index (χ0) is 24.3. The summed E-state index contributed by atoms with van der Waals surface area (Å²) in [7, 11) is 0. The third kappa shape index (κ3) is 5.65. The van der Waals surface area contributed by atoms with E-state index >= 15 is 0 Å². The lowest BCUT2D eigenvalue weighted by Crippen LogP contribution is -2.39. The van der Waals surface area contributed by atoms with Gasteiger partial charge < -0.3 is 20.2 Å². The van der Waals surface area contributed by atoms with Crippen LogP contribution in [0.4, 0.5) is 0 Å². The Bertz CT molecular complexity index is 1160. The maximum atomic E-state index is 12.5. The second-order valence-electron chi connectivity index (χ2n) is 8.78. The van der Waals surface area contributed by atoms with Crippen LogP contribution in [-0.4, -0.2) is 66.1 Å². The Morgan fingerprint density at radius 3 is 2.00 bits per heavy atom. The lowest BCUT2D eigenvalue weighted by molar-refractivity contribution is -0.149. The van der Waals surface area contributed by atoms with Gasteiger partial charge in [0.15, 0.2) is 0 Å². The molecule has 0 unspecified atom stereocenters. The highest BCUT2D eigenvalue weighted by atomic mass is 16.4. The quantitative estimate of drug-likeness (QED) is 0.470. The number of nitrogens with zero attached hydrogens (tertiary/aromatic N) is 4. The monoisotopic (exact) mass is 454 g/mol. The summed E-state index contributed by atoms with van der Waals surface area (Å²) < 4.78 is 0. The number of aryl methyl sites for hydroxylation is 1. The van der Waals surface area contributed by atoms with Gasteiger partial charge in [-0.05, 0) is 35.6 Å². The van der Waals surface area contributed by atoms with Gasteiger partial charge in [0.1, 0.15) is 35.6 Å². The predicted octanol–water partition coefficient (Wildman–Crippen LogP) is 2.35. The first-order valence-electron chi connectivity index (χ1n) is 10.4. The second kappa shape index (κ2) is 9.27. The molecule has 1 amide bonds. The molecule has 10 heteroatoms. The molecule has 0 spiro atoms. The number of hydrogen-bond acceptors (Lipinski definition) is 6. The number of hydrogen-bond donors (Lipinski definition) is 3. The number of rotatable bonds is 8. The van der Waals surface area contributed by atoms with Crippen LogP contribution >= 0.6 is 0 Å². The second-order valence-corrected chi connectivity index (χ2v) is 8.78. The summed E-state index contributed by atoms with van der Waals surface area (Å²) in [6.07, 6.45) is 0.120. The fourth-order valence-corrected chi connectivity index (χ4v) is 3.48. The molecule has 0 atom stereocenters. The van der Waals surface area contributed by atoms with Crippen LogP contribution < -0.4 is 0 Å². The molecule has 0 saturated heterocycles. The molecular weight excluding hydrogens is 428 g/mol. The van der Waals surface area contributed by atoms with Crippen LogP contribution in [0.3, 0.4) is 0 Å². The number of aliphatic carboxylic acids is 2. The number of phenolic OH excluding ortho intramolecular Hbond substituents is 1. The molecule has 0 aliphatic carbocycles. The van der Waals surface area contributed by atoms with Gasteiger partial charge in [-0.15, -0.1) is 15.0 Å². The van der Waals surface area contributed by atoms with Gasteiger partial charge in [0.25, 0.3) is 0 Å². The van der Waals surface area contributed by atoms with Crippen molar-refractivity contribution in [2.24, 2.45) is 0 Å². The van der Waals surface area contributed by atoms with Gasteiger partial charge in [-0.1, -0.05) is 39.0 Å². The highest BCUT2D eigenvalue weighted by Gasteiger charge is 2.24. The Hall–Kier alpha value is -3.95. The normalized spacial score (nSPS) is 11.5. The van der Waals surface area contributed by atoms with E-state index in [1.165, 1.54) is 4.80 Å². The molecule has 3 rings (SSSR count). The number of carbonyl (C=O) groups is 3. The molecule has 3 aromatic rings. The van der Waals surface area contributed by atoms with Crippen LogP contribution in [-0.2, 0) is 26.2 Å². The van der Waals surface area contributed by atoms with E-state index in [1.54, 1.807) is 12.1 Å². The maximum absolute atomic E-state index is 12.5. The van der Waals surface area contributed by atoms with Gasteiger partial charge in [0.2, 0.25) is 5.91 Å². The summed E-state index contributed by atoms with van der Waals surface area (Å²) in [5.74, 6) is -3.14. The number of carboxylic acid groups (broad SMARTS) is 2. The number of amides is 1. The third-order valence-electron chi connectivity index (χ3n) is 5.09. The van der Waals surface area contributed by atoms with Gasteiger partial charge in [-0.3, -0.25) is 14.4 Å². The first-order chi connectivity index (χ1) is 15.5. The SMILES string of the molecule is CC(C)(C)c1cc(CCC(=O)N(CC(=O)O)CC(=O)O)cc(-n2nc3ccccc3n2)c1O. The van der Waals surface area contributed by atoms with Crippen molar-refractivity contribution < 1.29 is 29.7 Å². The van der Waals surface area contributed by atoms with E-state index in [0.29, 0.717) is 27.8 Å². The molecule has 0 aliphatic rings.